The van der Waals surface area contributed by atoms with Crippen molar-refractivity contribution in [2.45, 2.75) is 13.1 Å². The van der Waals surface area contributed by atoms with E-state index in [1.807, 2.05) is 31.2 Å². The Kier molecular flexibility index (Phi) is 7.50. The number of nitriles is 1. The van der Waals surface area contributed by atoms with E-state index in [9.17, 15) is 0 Å². The summed E-state index contributed by atoms with van der Waals surface area (Å²) in [6.45, 7) is 10.3. The molecule has 0 radical (unpaired) electrons. The summed E-state index contributed by atoms with van der Waals surface area (Å²) in [6, 6.07) is 12.3. The smallest absolute Gasteiger partial charge is 0.134 e. The van der Waals surface area contributed by atoms with Crippen LogP contribution in [0.3, 0.4) is 0 Å². The summed E-state index contributed by atoms with van der Waals surface area (Å²) in [7, 11) is -0.511. The summed E-state index contributed by atoms with van der Waals surface area (Å²) < 4.78 is 0. The first kappa shape index (κ1) is 16.3. The Morgan fingerprint density at radius 1 is 1.45 bits per heavy atom. The Hall–Kier alpha value is -1.75. The van der Waals surface area contributed by atoms with Crippen LogP contribution in [0.2, 0.25) is 0 Å². The van der Waals surface area contributed by atoms with Crippen LogP contribution >= 0.6 is 8.07 Å². The molecule has 0 aliphatic heterocycles. The lowest BCUT2D eigenvalue weighted by molar-refractivity contribution is 1.02. The third-order valence-corrected chi connectivity index (χ3v) is 4.38. The summed E-state index contributed by atoms with van der Waals surface area (Å²) in [6.07, 6.45) is 3.05. The van der Waals surface area contributed by atoms with E-state index in [2.05, 4.69) is 35.4 Å². The highest BCUT2D eigenvalue weighted by molar-refractivity contribution is 7.54. The number of hydrogen-bond donors (Lipinski definition) is 1. The molecular formula is C16H20N3P. The van der Waals surface area contributed by atoms with Crippen molar-refractivity contribution >= 4 is 13.8 Å². The van der Waals surface area contributed by atoms with Gasteiger partial charge in [-0.05, 0) is 26.6 Å². The second kappa shape index (κ2) is 9.20. The van der Waals surface area contributed by atoms with Crippen molar-refractivity contribution < 1.29 is 0 Å². The lowest BCUT2D eigenvalue weighted by Crippen LogP contribution is -2.12. The minimum Gasteiger partial charge on any atom is -0.290 e. The Morgan fingerprint density at radius 3 is 2.70 bits per heavy atom. The Bertz CT molecular complexity index is 514. The Morgan fingerprint density at radius 2 is 2.15 bits per heavy atom. The van der Waals surface area contributed by atoms with Crippen LogP contribution < -0.4 is 5.09 Å². The van der Waals surface area contributed by atoms with Crippen molar-refractivity contribution in [1.82, 2.24) is 5.09 Å². The number of aliphatic imine (C=N–C) groups is 1. The zero-order chi connectivity index (χ0) is 14.8. The zero-order valence-electron chi connectivity index (χ0n) is 11.8. The van der Waals surface area contributed by atoms with Gasteiger partial charge in [-0.25, -0.2) is 0 Å². The molecule has 0 fully saturated rings. The fraction of sp³-hybridized carbons (Fsp3) is 0.250. The van der Waals surface area contributed by atoms with Gasteiger partial charge >= 0.3 is 0 Å². The second-order valence-corrected chi connectivity index (χ2v) is 6.47. The number of nitrogens with one attached hydrogen (secondary N) is 1. The molecule has 0 aromatic heterocycles. The summed E-state index contributed by atoms with van der Waals surface area (Å²) in [5, 5.41) is 12.4. The highest BCUT2D eigenvalue weighted by Crippen LogP contribution is 2.35. The molecule has 3 nitrogen and oxygen atoms in total. The van der Waals surface area contributed by atoms with Gasteiger partial charge in [0.05, 0.1) is 6.29 Å². The molecule has 0 aliphatic rings. The molecular weight excluding hydrogens is 265 g/mol. The van der Waals surface area contributed by atoms with Crippen molar-refractivity contribution in [1.29, 1.82) is 5.26 Å². The van der Waals surface area contributed by atoms with E-state index in [-0.39, 0.29) is 0 Å². The van der Waals surface area contributed by atoms with Gasteiger partial charge in [-0.1, -0.05) is 49.1 Å². The molecule has 0 saturated carbocycles. The molecule has 4 heteroatoms. The van der Waals surface area contributed by atoms with Gasteiger partial charge in [-0.15, -0.1) is 0 Å². The lowest BCUT2D eigenvalue weighted by atomic mass is 10.2. The predicted octanol–water partition coefficient (Wildman–Crippen LogP) is 3.86. The number of rotatable bonds is 8. The SMILES string of the molecule is C=CC(C#N)=NCP(Cc1ccccc1)NCC(=C)C. The minimum atomic E-state index is -0.511. The average molecular weight is 285 g/mol. The van der Waals surface area contributed by atoms with Crippen molar-refractivity contribution in [3.63, 3.8) is 0 Å². The van der Waals surface area contributed by atoms with Crippen LogP contribution in [0.25, 0.3) is 0 Å². The van der Waals surface area contributed by atoms with Crippen molar-refractivity contribution in [2.24, 2.45) is 4.99 Å². The van der Waals surface area contributed by atoms with Crippen LogP contribution in [0, 0.1) is 11.3 Å². The van der Waals surface area contributed by atoms with Gasteiger partial charge in [-0.2, -0.15) is 5.26 Å². The van der Waals surface area contributed by atoms with Crippen LogP contribution in [0.15, 0.2) is 60.1 Å². The highest BCUT2D eigenvalue weighted by atomic mass is 31.1. The van der Waals surface area contributed by atoms with E-state index in [4.69, 9.17) is 5.26 Å². The van der Waals surface area contributed by atoms with Gasteiger partial charge in [0.25, 0.3) is 0 Å². The van der Waals surface area contributed by atoms with Crippen LogP contribution in [0.5, 0.6) is 0 Å². The number of allylic oxidation sites excluding steroid dienone is 1. The first-order chi connectivity index (χ1) is 9.65. The van der Waals surface area contributed by atoms with E-state index in [1.54, 1.807) is 0 Å². The van der Waals surface area contributed by atoms with Gasteiger partial charge in [-0.3, -0.25) is 10.1 Å². The second-order valence-electron chi connectivity index (χ2n) is 4.48. The molecule has 1 rings (SSSR count). The van der Waals surface area contributed by atoms with E-state index in [1.165, 1.54) is 11.6 Å². The van der Waals surface area contributed by atoms with E-state index < -0.39 is 8.07 Å². The average Bonchev–Trinajstić information content (AvgIpc) is 2.46. The van der Waals surface area contributed by atoms with Crippen LogP contribution in [0.1, 0.15) is 12.5 Å². The standard InChI is InChI=1S/C16H20N3P/c1-4-16(10-17)18-13-20(19-11-14(2)3)12-15-8-6-5-7-9-15/h4-9,19H,1-2,11-13H2,3H3. The molecule has 1 atom stereocenters. The predicted molar refractivity (Wildman–Crippen MR) is 88.0 cm³/mol. The zero-order valence-corrected chi connectivity index (χ0v) is 12.7. The lowest BCUT2D eigenvalue weighted by Gasteiger charge is -2.17. The maximum Gasteiger partial charge on any atom is 0.134 e. The molecule has 0 saturated heterocycles. The normalized spacial score (nSPS) is 12.5. The largest absolute Gasteiger partial charge is 0.290 e. The molecule has 1 aromatic rings. The Balaban J connectivity index is 2.69. The molecule has 1 aromatic carbocycles. The third-order valence-electron chi connectivity index (χ3n) is 2.54. The van der Waals surface area contributed by atoms with Gasteiger partial charge < -0.3 is 0 Å². The maximum atomic E-state index is 8.87. The van der Waals surface area contributed by atoms with Gasteiger partial charge in [0.15, 0.2) is 0 Å². The molecule has 0 spiro atoms. The molecule has 104 valence electrons. The van der Waals surface area contributed by atoms with E-state index in [0.717, 1.165) is 18.3 Å². The topological polar surface area (TPSA) is 48.2 Å². The van der Waals surface area contributed by atoms with Crippen LogP contribution in [-0.4, -0.2) is 18.5 Å². The maximum absolute atomic E-state index is 8.87. The van der Waals surface area contributed by atoms with Crippen molar-refractivity contribution in [3.8, 4) is 6.07 Å². The monoisotopic (exact) mass is 285 g/mol. The molecule has 1 N–H and O–H groups in total. The number of nitrogens with zero attached hydrogens (tertiary/aromatic N) is 2. The van der Waals surface area contributed by atoms with Gasteiger partial charge in [0.1, 0.15) is 11.8 Å². The van der Waals surface area contributed by atoms with Crippen molar-refractivity contribution in [3.05, 3.63) is 60.7 Å². The van der Waals surface area contributed by atoms with Crippen LogP contribution in [0.4, 0.5) is 0 Å². The Labute approximate surface area is 122 Å². The number of benzene rings is 1. The molecule has 20 heavy (non-hydrogen) atoms. The summed E-state index contributed by atoms with van der Waals surface area (Å²) in [5.74, 6) is 0. The van der Waals surface area contributed by atoms with Gasteiger partial charge in [0, 0.05) is 12.7 Å². The molecule has 1 unspecified atom stereocenters. The highest BCUT2D eigenvalue weighted by Gasteiger charge is 2.08. The third kappa shape index (κ3) is 6.43. The molecule has 0 heterocycles. The summed E-state index contributed by atoms with van der Waals surface area (Å²) in [4.78, 5) is 4.31. The fourth-order valence-electron chi connectivity index (χ4n) is 1.51. The van der Waals surface area contributed by atoms with Crippen molar-refractivity contribution in [2.75, 3.05) is 12.8 Å². The van der Waals surface area contributed by atoms with Crippen LogP contribution in [-0.2, 0) is 6.16 Å². The summed E-state index contributed by atoms with van der Waals surface area (Å²) in [5.41, 5.74) is 2.77. The number of hydrogen-bond acceptors (Lipinski definition) is 3. The van der Waals surface area contributed by atoms with Gasteiger partial charge in [0.2, 0.25) is 0 Å². The first-order valence-electron chi connectivity index (χ1n) is 6.39. The van der Waals surface area contributed by atoms with E-state index in [0.29, 0.717) is 12.0 Å². The quantitative estimate of drug-likeness (QED) is 0.448. The fourth-order valence-corrected chi connectivity index (χ4v) is 3.29. The summed E-state index contributed by atoms with van der Waals surface area (Å²) >= 11 is 0. The minimum absolute atomic E-state index is 0.391. The van der Waals surface area contributed by atoms with E-state index >= 15 is 0 Å². The molecule has 0 aliphatic carbocycles. The molecule has 0 amide bonds. The first-order valence-corrected chi connectivity index (χ1v) is 8.10. The molecule has 0 bridgehead atoms.